The van der Waals surface area contributed by atoms with Crippen LogP contribution in [0.1, 0.15) is 18.6 Å². The lowest BCUT2D eigenvalue weighted by Gasteiger charge is -2.11. The van der Waals surface area contributed by atoms with E-state index in [9.17, 15) is 4.79 Å². The minimum absolute atomic E-state index is 0.142. The molecule has 0 aliphatic carbocycles. The van der Waals surface area contributed by atoms with Crippen molar-refractivity contribution in [1.29, 1.82) is 5.26 Å². The quantitative estimate of drug-likeness (QED) is 0.643. The predicted octanol–water partition coefficient (Wildman–Crippen LogP) is 1.40. The summed E-state index contributed by atoms with van der Waals surface area (Å²) in [6.45, 7) is 2.12. The van der Waals surface area contributed by atoms with Gasteiger partial charge in [0.05, 0.1) is 12.8 Å². The summed E-state index contributed by atoms with van der Waals surface area (Å²) in [5.41, 5.74) is 0.142. The van der Waals surface area contributed by atoms with E-state index in [-0.39, 0.29) is 11.5 Å². The zero-order valence-electron chi connectivity index (χ0n) is 10.1. The molecule has 0 aromatic carbocycles. The minimum Gasteiger partial charge on any atom is -0.467 e. The Labute approximate surface area is 106 Å². The van der Waals surface area contributed by atoms with E-state index < -0.39 is 0 Å². The lowest BCUT2D eigenvalue weighted by atomic mass is 10.3. The number of hydrogen-bond acceptors (Lipinski definition) is 4. The van der Waals surface area contributed by atoms with Crippen LogP contribution < -0.4 is 5.32 Å². The van der Waals surface area contributed by atoms with Crippen LogP contribution in [0.15, 0.2) is 34.6 Å². The smallest absolute Gasteiger partial charge is 0.263 e. The van der Waals surface area contributed by atoms with E-state index in [0.717, 1.165) is 25.9 Å². The number of hydrogen-bond donors (Lipinski definition) is 1. The number of amides is 1. The maximum Gasteiger partial charge on any atom is 0.263 e. The second kappa shape index (κ2) is 5.92. The first-order valence-corrected chi connectivity index (χ1v) is 5.96. The molecule has 18 heavy (non-hydrogen) atoms. The van der Waals surface area contributed by atoms with Gasteiger partial charge in [0.15, 0.2) is 0 Å². The van der Waals surface area contributed by atoms with Crippen LogP contribution in [0.25, 0.3) is 0 Å². The molecule has 1 fully saturated rings. The highest BCUT2D eigenvalue weighted by molar-refractivity contribution is 5.97. The third kappa shape index (κ3) is 3.14. The SMILES string of the molecule is N#C/C(=C/N1CCCC1)C(=O)NCc1ccco1. The molecule has 1 saturated heterocycles. The molecule has 1 N–H and O–H groups in total. The van der Waals surface area contributed by atoms with Crippen molar-refractivity contribution in [3.8, 4) is 6.07 Å². The Balaban J connectivity index is 1.91. The Morgan fingerprint density at radius 1 is 1.56 bits per heavy atom. The average molecular weight is 245 g/mol. The van der Waals surface area contributed by atoms with Gasteiger partial charge in [-0.15, -0.1) is 0 Å². The lowest BCUT2D eigenvalue weighted by Crippen LogP contribution is -2.25. The van der Waals surface area contributed by atoms with Crippen molar-refractivity contribution in [3.05, 3.63) is 35.9 Å². The van der Waals surface area contributed by atoms with Crippen molar-refractivity contribution in [3.63, 3.8) is 0 Å². The number of furan rings is 1. The molecule has 0 spiro atoms. The second-order valence-corrected chi connectivity index (χ2v) is 4.16. The normalized spacial score (nSPS) is 15.5. The lowest BCUT2D eigenvalue weighted by molar-refractivity contribution is -0.117. The van der Waals surface area contributed by atoms with Crippen molar-refractivity contribution in [2.45, 2.75) is 19.4 Å². The van der Waals surface area contributed by atoms with E-state index >= 15 is 0 Å². The Hall–Kier alpha value is -2.22. The van der Waals surface area contributed by atoms with Gasteiger partial charge >= 0.3 is 0 Å². The van der Waals surface area contributed by atoms with Crippen molar-refractivity contribution in [1.82, 2.24) is 10.2 Å². The summed E-state index contributed by atoms with van der Waals surface area (Å²) < 4.78 is 5.10. The minimum atomic E-state index is -0.360. The van der Waals surface area contributed by atoms with Gasteiger partial charge < -0.3 is 14.6 Å². The molecular weight excluding hydrogens is 230 g/mol. The Morgan fingerprint density at radius 2 is 2.33 bits per heavy atom. The summed E-state index contributed by atoms with van der Waals surface area (Å²) in [6, 6.07) is 5.47. The van der Waals surface area contributed by atoms with Crippen LogP contribution in [0.3, 0.4) is 0 Å². The van der Waals surface area contributed by atoms with Crippen molar-refractivity contribution in [2.75, 3.05) is 13.1 Å². The first-order valence-electron chi connectivity index (χ1n) is 5.96. The van der Waals surface area contributed by atoms with Gasteiger partial charge in [-0.1, -0.05) is 0 Å². The summed E-state index contributed by atoms with van der Waals surface area (Å²) in [5, 5.41) is 11.6. The first-order chi connectivity index (χ1) is 8.79. The van der Waals surface area contributed by atoms with E-state index in [2.05, 4.69) is 5.32 Å². The van der Waals surface area contributed by atoms with Crippen LogP contribution in [-0.2, 0) is 11.3 Å². The molecule has 0 atom stereocenters. The Morgan fingerprint density at radius 3 is 2.94 bits per heavy atom. The number of nitriles is 1. The molecule has 2 heterocycles. The molecule has 0 saturated carbocycles. The molecule has 1 aromatic rings. The maximum absolute atomic E-state index is 11.8. The molecule has 0 unspecified atom stereocenters. The molecule has 2 rings (SSSR count). The number of likely N-dealkylation sites (tertiary alicyclic amines) is 1. The number of carbonyl (C=O) groups excluding carboxylic acids is 1. The van der Waals surface area contributed by atoms with Crippen LogP contribution in [0.5, 0.6) is 0 Å². The fraction of sp³-hybridized carbons (Fsp3) is 0.385. The van der Waals surface area contributed by atoms with Gasteiger partial charge in [-0.3, -0.25) is 4.79 Å². The average Bonchev–Trinajstić information content (AvgIpc) is 3.06. The summed E-state index contributed by atoms with van der Waals surface area (Å²) in [4.78, 5) is 13.8. The highest BCUT2D eigenvalue weighted by Gasteiger charge is 2.13. The molecule has 5 nitrogen and oxygen atoms in total. The monoisotopic (exact) mass is 245 g/mol. The van der Waals surface area contributed by atoms with E-state index in [0.29, 0.717) is 12.3 Å². The summed E-state index contributed by atoms with van der Waals surface area (Å²) in [5.74, 6) is 0.308. The van der Waals surface area contributed by atoms with E-state index in [1.165, 1.54) is 0 Å². The van der Waals surface area contributed by atoms with E-state index in [4.69, 9.17) is 9.68 Å². The van der Waals surface area contributed by atoms with Gasteiger partial charge in [-0.05, 0) is 25.0 Å². The third-order valence-electron chi connectivity index (χ3n) is 2.82. The van der Waals surface area contributed by atoms with Crippen molar-refractivity contribution < 1.29 is 9.21 Å². The zero-order chi connectivity index (χ0) is 12.8. The van der Waals surface area contributed by atoms with Crippen LogP contribution in [0.4, 0.5) is 0 Å². The number of rotatable bonds is 4. The summed E-state index contributed by atoms with van der Waals surface area (Å²) in [6.07, 6.45) is 5.42. The molecule has 1 aliphatic heterocycles. The number of nitrogens with zero attached hydrogens (tertiary/aromatic N) is 2. The molecule has 94 valence electrons. The van der Waals surface area contributed by atoms with E-state index in [1.807, 2.05) is 11.0 Å². The topological polar surface area (TPSA) is 69.3 Å². The first kappa shape index (κ1) is 12.2. The molecule has 0 bridgehead atoms. The fourth-order valence-corrected chi connectivity index (χ4v) is 1.87. The van der Waals surface area contributed by atoms with Crippen molar-refractivity contribution in [2.24, 2.45) is 0 Å². The van der Waals surface area contributed by atoms with Crippen LogP contribution in [0, 0.1) is 11.3 Å². The summed E-state index contributed by atoms with van der Waals surface area (Å²) >= 11 is 0. The van der Waals surface area contributed by atoms with E-state index in [1.54, 1.807) is 24.6 Å². The molecule has 1 aromatic heterocycles. The largest absolute Gasteiger partial charge is 0.467 e. The van der Waals surface area contributed by atoms with Gasteiger partial charge in [-0.2, -0.15) is 5.26 Å². The molecular formula is C13H15N3O2. The van der Waals surface area contributed by atoms with Crippen molar-refractivity contribution >= 4 is 5.91 Å². The van der Waals surface area contributed by atoms with Gasteiger partial charge in [0, 0.05) is 19.3 Å². The predicted molar refractivity (Wildman–Crippen MR) is 65.1 cm³/mol. The third-order valence-corrected chi connectivity index (χ3v) is 2.82. The molecule has 1 aliphatic rings. The van der Waals surface area contributed by atoms with Gasteiger partial charge in [0.2, 0.25) is 0 Å². The van der Waals surface area contributed by atoms with Crippen LogP contribution >= 0.6 is 0 Å². The highest BCUT2D eigenvalue weighted by Crippen LogP contribution is 2.09. The van der Waals surface area contributed by atoms with Gasteiger partial charge in [0.1, 0.15) is 17.4 Å². The second-order valence-electron chi connectivity index (χ2n) is 4.16. The number of nitrogens with one attached hydrogen (secondary N) is 1. The molecule has 5 heteroatoms. The molecule has 0 radical (unpaired) electrons. The standard InChI is InChI=1S/C13H15N3O2/c14-8-11(10-16-5-1-2-6-16)13(17)15-9-12-4-3-7-18-12/h3-4,7,10H,1-2,5-6,9H2,(H,15,17)/b11-10-. The van der Waals surface area contributed by atoms with Gasteiger partial charge in [-0.25, -0.2) is 0 Å². The zero-order valence-corrected chi connectivity index (χ0v) is 10.1. The Kier molecular flexibility index (Phi) is 4.02. The fourth-order valence-electron chi connectivity index (χ4n) is 1.87. The van der Waals surface area contributed by atoms with Crippen LogP contribution in [0.2, 0.25) is 0 Å². The van der Waals surface area contributed by atoms with Crippen LogP contribution in [-0.4, -0.2) is 23.9 Å². The maximum atomic E-state index is 11.8. The Bertz CT molecular complexity index is 465. The number of carbonyl (C=O) groups is 1. The van der Waals surface area contributed by atoms with Gasteiger partial charge in [0.25, 0.3) is 5.91 Å². The highest BCUT2D eigenvalue weighted by atomic mass is 16.3. The summed E-state index contributed by atoms with van der Waals surface area (Å²) in [7, 11) is 0. The molecule has 1 amide bonds.